The van der Waals surface area contributed by atoms with Crippen LogP contribution in [-0.2, 0) is 16.6 Å². The van der Waals surface area contributed by atoms with E-state index in [4.69, 9.17) is 5.11 Å². The summed E-state index contributed by atoms with van der Waals surface area (Å²) in [6.07, 6.45) is 4.58. The van der Waals surface area contributed by atoms with Crippen LogP contribution in [-0.4, -0.2) is 52.9 Å². The van der Waals surface area contributed by atoms with Crippen molar-refractivity contribution in [1.82, 2.24) is 14.1 Å². The number of rotatable bonds is 4. The molecule has 1 aromatic rings. The van der Waals surface area contributed by atoms with Crippen LogP contribution >= 0.6 is 0 Å². The molecule has 1 unspecified atom stereocenters. The topological polar surface area (TPSA) is 92.5 Å². The molecule has 1 N–H and O–H groups in total. The Morgan fingerprint density at radius 1 is 1.58 bits per heavy atom. The van der Waals surface area contributed by atoms with Crippen molar-refractivity contribution in [2.45, 2.75) is 19.4 Å². The Bertz CT molecular complexity index is 566. The maximum absolute atomic E-state index is 11.5. The van der Waals surface area contributed by atoms with Crippen molar-refractivity contribution in [2.75, 3.05) is 19.3 Å². The molecule has 0 saturated carbocycles. The maximum atomic E-state index is 11.5. The molecule has 1 aliphatic rings. The van der Waals surface area contributed by atoms with Crippen molar-refractivity contribution in [3.8, 4) is 0 Å². The van der Waals surface area contributed by atoms with Crippen LogP contribution in [0.3, 0.4) is 0 Å². The zero-order valence-corrected chi connectivity index (χ0v) is 11.5. The number of carbonyl (C=O) groups is 1. The van der Waals surface area contributed by atoms with Crippen LogP contribution in [0.25, 0.3) is 0 Å². The maximum Gasteiger partial charge on any atom is 0.356 e. The van der Waals surface area contributed by atoms with Crippen molar-refractivity contribution in [2.24, 2.45) is 5.92 Å². The fraction of sp³-hybridized carbons (Fsp3) is 0.636. The predicted molar refractivity (Wildman–Crippen MR) is 68.3 cm³/mol. The molecule has 0 radical (unpaired) electrons. The van der Waals surface area contributed by atoms with Crippen LogP contribution in [0.1, 0.15) is 23.3 Å². The highest BCUT2D eigenvalue weighted by atomic mass is 32.2. The SMILES string of the molecule is CS(=O)(=O)N1CCCC(Cn2ccc(C(=O)O)n2)C1. The van der Waals surface area contributed by atoms with Gasteiger partial charge in [-0.2, -0.15) is 5.10 Å². The lowest BCUT2D eigenvalue weighted by atomic mass is 10.00. The van der Waals surface area contributed by atoms with Gasteiger partial charge in [-0.15, -0.1) is 0 Å². The summed E-state index contributed by atoms with van der Waals surface area (Å²) in [4.78, 5) is 10.7. The minimum absolute atomic E-state index is 0.00998. The molecule has 1 aromatic heterocycles. The average molecular weight is 287 g/mol. The van der Waals surface area contributed by atoms with E-state index in [0.29, 0.717) is 19.6 Å². The van der Waals surface area contributed by atoms with Gasteiger partial charge in [0.1, 0.15) is 0 Å². The fourth-order valence-electron chi connectivity index (χ4n) is 2.32. The highest BCUT2D eigenvalue weighted by molar-refractivity contribution is 7.88. The van der Waals surface area contributed by atoms with Crippen molar-refractivity contribution >= 4 is 16.0 Å². The molecule has 8 heteroatoms. The third kappa shape index (κ3) is 3.54. The molecule has 106 valence electrons. The molecule has 0 bridgehead atoms. The monoisotopic (exact) mass is 287 g/mol. The lowest BCUT2D eigenvalue weighted by Gasteiger charge is -2.30. The van der Waals surface area contributed by atoms with E-state index in [1.54, 1.807) is 10.9 Å². The Kier molecular flexibility index (Phi) is 3.91. The molecule has 1 atom stereocenters. The predicted octanol–water partition coefficient (Wildman–Crippen LogP) is 0.253. The zero-order valence-electron chi connectivity index (χ0n) is 10.7. The number of aromatic carboxylic acids is 1. The summed E-state index contributed by atoms with van der Waals surface area (Å²) in [6.45, 7) is 1.58. The van der Waals surface area contributed by atoms with E-state index in [1.165, 1.54) is 16.6 Å². The van der Waals surface area contributed by atoms with Gasteiger partial charge < -0.3 is 5.11 Å². The molecule has 7 nitrogen and oxygen atoms in total. The third-order valence-corrected chi connectivity index (χ3v) is 4.53. The first-order chi connectivity index (χ1) is 8.86. The van der Waals surface area contributed by atoms with Gasteiger partial charge in [-0.05, 0) is 24.8 Å². The molecule has 0 aliphatic carbocycles. The normalized spacial score (nSPS) is 21.4. The van der Waals surface area contributed by atoms with E-state index in [-0.39, 0.29) is 11.6 Å². The largest absolute Gasteiger partial charge is 0.476 e. The molecule has 0 amide bonds. The van der Waals surface area contributed by atoms with Crippen molar-refractivity contribution in [3.05, 3.63) is 18.0 Å². The molecular weight excluding hydrogens is 270 g/mol. The van der Waals surface area contributed by atoms with Gasteiger partial charge in [0, 0.05) is 25.8 Å². The van der Waals surface area contributed by atoms with E-state index >= 15 is 0 Å². The Hall–Kier alpha value is -1.41. The first-order valence-electron chi connectivity index (χ1n) is 6.08. The number of hydrogen-bond acceptors (Lipinski definition) is 4. The van der Waals surface area contributed by atoms with Gasteiger partial charge >= 0.3 is 5.97 Å². The number of carboxylic acids is 1. The van der Waals surface area contributed by atoms with Gasteiger partial charge in [-0.3, -0.25) is 4.68 Å². The molecule has 1 aliphatic heterocycles. The second-order valence-corrected chi connectivity index (χ2v) is 6.84. The average Bonchev–Trinajstić information content (AvgIpc) is 2.77. The van der Waals surface area contributed by atoms with Crippen molar-refractivity contribution in [1.29, 1.82) is 0 Å². The summed E-state index contributed by atoms with van der Waals surface area (Å²) in [6, 6.07) is 1.44. The molecule has 19 heavy (non-hydrogen) atoms. The van der Waals surface area contributed by atoms with Gasteiger partial charge in [-0.1, -0.05) is 0 Å². The summed E-state index contributed by atoms with van der Waals surface area (Å²) in [5, 5.41) is 12.7. The number of sulfonamides is 1. The highest BCUT2D eigenvalue weighted by Crippen LogP contribution is 2.20. The Morgan fingerprint density at radius 3 is 2.89 bits per heavy atom. The highest BCUT2D eigenvalue weighted by Gasteiger charge is 2.26. The molecular formula is C11H17N3O4S. The second-order valence-electron chi connectivity index (χ2n) is 4.86. The smallest absolute Gasteiger partial charge is 0.356 e. The summed E-state index contributed by atoms with van der Waals surface area (Å²) in [5.41, 5.74) is 0.00998. The van der Waals surface area contributed by atoms with Gasteiger partial charge in [0.15, 0.2) is 5.69 Å². The van der Waals surface area contributed by atoms with Crippen molar-refractivity contribution < 1.29 is 18.3 Å². The molecule has 2 rings (SSSR count). The van der Waals surface area contributed by atoms with Crippen LogP contribution in [0, 0.1) is 5.92 Å². The number of aromatic nitrogens is 2. The first-order valence-corrected chi connectivity index (χ1v) is 7.93. The zero-order chi connectivity index (χ0) is 14.0. The molecule has 1 saturated heterocycles. The number of hydrogen-bond donors (Lipinski definition) is 1. The second kappa shape index (κ2) is 5.30. The summed E-state index contributed by atoms with van der Waals surface area (Å²) < 4.78 is 26.1. The first kappa shape index (κ1) is 14.0. The van der Waals surface area contributed by atoms with Crippen molar-refractivity contribution in [3.63, 3.8) is 0 Å². The Balaban J connectivity index is 2.00. The molecule has 2 heterocycles. The standard InChI is InChI=1S/C11H17N3O4S/c1-19(17,18)14-5-2-3-9(8-14)7-13-6-4-10(12-13)11(15)16/h4,6,9H,2-3,5,7-8H2,1H3,(H,15,16). The van der Waals surface area contributed by atoms with Gasteiger partial charge in [0.25, 0.3) is 0 Å². The number of piperidine rings is 1. The van der Waals surface area contributed by atoms with Gasteiger partial charge in [-0.25, -0.2) is 17.5 Å². The van der Waals surface area contributed by atoms with E-state index in [1.807, 2.05) is 0 Å². The molecule has 0 spiro atoms. The summed E-state index contributed by atoms with van der Waals surface area (Å²) in [7, 11) is -3.15. The summed E-state index contributed by atoms with van der Waals surface area (Å²) >= 11 is 0. The molecule has 0 aromatic carbocycles. The third-order valence-electron chi connectivity index (χ3n) is 3.26. The van der Waals surface area contributed by atoms with Crippen LogP contribution in [0.15, 0.2) is 12.3 Å². The fourth-order valence-corrected chi connectivity index (χ4v) is 3.26. The van der Waals surface area contributed by atoms with Crippen LogP contribution in [0.4, 0.5) is 0 Å². The molecule has 1 fully saturated rings. The Morgan fingerprint density at radius 2 is 2.32 bits per heavy atom. The number of carboxylic acid groups (broad SMARTS) is 1. The lowest BCUT2D eigenvalue weighted by molar-refractivity contribution is 0.0689. The summed E-state index contributed by atoms with van der Waals surface area (Å²) in [5.74, 6) is -0.884. The number of nitrogens with zero attached hydrogens (tertiary/aromatic N) is 3. The van der Waals surface area contributed by atoms with E-state index in [2.05, 4.69) is 5.10 Å². The minimum atomic E-state index is -3.15. The van der Waals surface area contributed by atoms with Crippen LogP contribution in [0.2, 0.25) is 0 Å². The van der Waals surface area contributed by atoms with E-state index < -0.39 is 16.0 Å². The lowest BCUT2D eigenvalue weighted by Crippen LogP contribution is -2.40. The van der Waals surface area contributed by atoms with Gasteiger partial charge in [0.2, 0.25) is 10.0 Å². The van der Waals surface area contributed by atoms with Crippen LogP contribution < -0.4 is 0 Å². The Labute approximate surface area is 111 Å². The minimum Gasteiger partial charge on any atom is -0.476 e. The quantitative estimate of drug-likeness (QED) is 0.857. The van der Waals surface area contributed by atoms with E-state index in [0.717, 1.165) is 12.8 Å². The van der Waals surface area contributed by atoms with Crippen LogP contribution in [0.5, 0.6) is 0 Å². The van der Waals surface area contributed by atoms with E-state index in [9.17, 15) is 13.2 Å². The van der Waals surface area contributed by atoms with Gasteiger partial charge in [0.05, 0.1) is 6.26 Å².